The molecule has 0 saturated carbocycles. The maximum Gasteiger partial charge on any atom is 0.351 e. The van der Waals surface area contributed by atoms with Gasteiger partial charge in [-0.3, -0.25) is 0 Å². The predicted molar refractivity (Wildman–Crippen MR) is 158 cm³/mol. The zero-order valence-electron chi connectivity index (χ0n) is 23.3. The van der Waals surface area contributed by atoms with Crippen molar-refractivity contribution >= 4 is 23.5 Å². The van der Waals surface area contributed by atoms with Gasteiger partial charge in [-0.05, 0) is 79.8 Å². The van der Waals surface area contributed by atoms with E-state index >= 15 is 0 Å². The quantitative estimate of drug-likeness (QED) is 0.0807. The molecule has 2 aliphatic rings. The van der Waals surface area contributed by atoms with Crippen LogP contribution in [0.1, 0.15) is 54.4 Å². The summed E-state index contributed by atoms with van der Waals surface area (Å²) in [5, 5.41) is 0. The summed E-state index contributed by atoms with van der Waals surface area (Å²) in [7, 11) is 0. The summed E-state index contributed by atoms with van der Waals surface area (Å²) in [5.41, 5.74) is 8.41. The van der Waals surface area contributed by atoms with Gasteiger partial charge in [0.25, 0.3) is 0 Å². The van der Waals surface area contributed by atoms with Gasteiger partial charge in [-0.25, -0.2) is 14.4 Å². The number of benzene rings is 2. The van der Waals surface area contributed by atoms with Gasteiger partial charge in [-0.1, -0.05) is 48.4 Å². The standard InChI is InChI=1S/C35H32O7/c1-2-33(36)40-25-9-4-3-8-24-39-30-18-16-29(17-19-30)35(38)42-32-22-20-31(21-23-32)41-34(37)28-14-12-27(13-15-28)26-10-6-5-7-11-26/h2,5-7,10-12,14,16-20,22H,1,3-4,8-9,21,23-25H2. The second-order valence-electron chi connectivity index (χ2n) is 9.48. The summed E-state index contributed by atoms with van der Waals surface area (Å²) >= 11 is 0. The van der Waals surface area contributed by atoms with E-state index in [2.05, 4.69) is 18.0 Å². The van der Waals surface area contributed by atoms with Crippen LogP contribution in [-0.2, 0) is 23.8 Å². The number of hydrogen-bond acceptors (Lipinski definition) is 7. The Morgan fingerprint density at radius 1 is 0.762 bits per heavy atom. The fourth-order valence-corrected chi connectivity index (χ4v) is 4.08. The van der Waals surface area contributed by atoms with Crippen molar-refractivity contribution < 1.29 is 33.3 Å². The van der Waals surface area contributed by atoms with E-state index in [-0.39, 0.29) is 5.57 Å². The molecule has 0 aromatic heterocycles. The number of hydrogen-bond donors (Lipinski definition) is 0. The van der Waals surface area contributed by atoms with E-state index in [4.69, 9.17) is 18.9 Å². The Balaban J connectivity index is 1.19. The summed E-state index contributed by atoms with van der Waals surface area (Å²) in [6, 6.07) is 16.5. The van der Waals surface area contributed by atoms with Gasteiger partial charge in [0, 0.05) is 24.5 Å². The second-order valence-corrected chi connectivity index (χ2v) is 9.48. The lowest BCUT2D eigenvalue weighted by molar-refractivity contribution is -0.138. The molecule has 0 fully saturated rings. The molecule has 2 aromatic rings. The van der Waals surface area contributed by atoms with Crippen LogP contribution in [0.3, 0.4) is 0 Å². The highest BCUT2D eigenvalue weighted by Crippen LogP contribution is 2.24. The third-order valence-corrected chi connectivity index (χ3v) is 6.38. The zero-order chi connectivity index (χ0) is 29.6. The number of carbonyl (C=O) groups is 3. The first-order valence-corrected chi connectivity index (χ1v) is 13.9. The topological polar surface area (TPSA) is 88.1 Å². The van der Waals surface area contributed by atoms with Crippen LogP contribution in [-0.4, -0.2) is 31.1 Å². The molecule has 42 heavy (non-hydrogen) atoms. The van der Waals surface area contributed by atoms with Gasteiger partial charge in [0.15, 0.2) is 0 Å². The zero-order valence-corrected chi connectivity index (χ0v) is 23.3. The Bertz CT molecular complexity index is 1490. The molecule has 0 spiro atoms. The Morgan fingerprint density at radius 3 is 2.05 bits per heavy atom. The number of ether oxygens (including phenoxy) is 4. The average Bonchev–Trinajstić information content (AvgIpc) is 3.03. The van der Waals surface area contributed by atoms with Crippen LogP contribution in [0.4, 0.5) is 0 Å². The number of carbonyl (C=O) groups excluding carboxylic acids is 3. The van der Waals surface area contributed by atoms with Crippen molar-refractivity contribution in [3.63, 3.8) is 0 Å². The van der Waals surface area contributed by atoms with Crippen molar-refractivity contribution in [2.24, 2.45) is 0 Å². The third-order valence-electron chi connectivity index (χ3n) is 6.38. The van der Waals surface area contributed by atoms with E-state index in [0.717, 1.165) is 42.9 Å². The van der Waals surface area contributed by atoms with Crippen molar-refractivity contribution in [1.82, 2.24) is 0 Å². The first kappa shape index (κ1) is 29.9. The summed E-state index contributed by atoms with van der Waals surface area (Å²) in [6.07, 6.45) is 12.3. The van der Waals surface area contributed by atoms with Gasteiger partial charge < -0.3 is 18.9 Å². The molecule has 0 bridgehead atoms. The minimum atomic E-state index is -0.514. The molecule has 0 atom stereocenters. The van der Waals surface area contributed by atoms with E-state index in [1.165, 1.54) is 0 Å². The lowest BCUT2D eigenvalue weighted by Gasteiger charge is -2.15. The molecule has 214 valence electrons. The van der Waals surface area contributed by atoms with Gasteiger partial charge >= 0.3 is 17.9 Å². The molecular formula is C35H32O7. The fourth-order valence-electron chi connectivity index (χ4n) is 4.08. The van der Waals surface area contributed by atoms with Gasteiger partial charge in [0.2, 0.25) is 0 Å². The lowest BCUT2D eigenvalue weighted by atomic mass is 10.0. The van der Waals surface area contributed by atoms with Gasteiger partial charge in [-0.2, -0.15) is 0 Å². The van der Waals surface area contributed by atoms with Crippen LogP contribution in [0.15, 0.2) is 120 Å². The summed E-state index contributed by atoms with van der Waals surface area (Å²) < 4.78 is 21.7. The number of unbranched alkanes of at least 4 members (excludes halogenated alkanes) is 3. The predicted octanol–water partition coefficient (Wildman–Crippen LogP) is 6.95. The van der Waals surface area contributed by atoms with E-state index in [9.17, 15) is 14.4 Å². The first-order chi connectivity index (χ1) is 20.5. The van der Waals surface area contributed by atoms with E-state index < -0.39 is 17.9 Å². The van der Waals surface area contributed by atoms with Crippen molar-refractivity contribution in [2.45, 2.75) is 38.5 Å². The number of allylic oxidation sites excluding steroid dienone is 6. The summed E-state index contributed by atoms with van der Waals surface area (Å²) in [5.74, 6) is 0.263. The third kappa shape index (κ3) is 9.24. The lowest BCUT2D eigenvalue weighted by Crippen LogP contribution is -2.10. The molecular weight excluding hydrogens is 532 g/mol. The Kier molecular flexibility index (Phi) is 11.1. The van der Waals surface area contributed by atoms with Crippen molar-refractivity contribution in [3.8, 4) is 5.75 Å². The SMILES string of the molecule is C=CC(=O)OCCCCCCOc1ccc(C(=O)OC2=CC=C(OC(=O)C3=C=C=C(c4ccccc4)C=C3)CC2)cc1. The Hall–Kier alpha value is -5.09. The van der Waals surface area contributed by atoms with Gasteiger partial charge in [0.1, 0.15) is 22.8 Å². The molecule has 4 rings (SSSR count). The van der Waals surface area contributed by atoms with Crippen LogP contribution in [0.5, 0.6) is 5.75 Å². The molecule has 0 unspecified atom stereocenters. The maximum atomic E-state index is 12.6. The molecule has 0 N–H and O–H groups in total. The molecule has 7 nitrogen and oxygen atoms in total. The Morgan fingerprint density at radius 2 is 1.43 bits per heavy atom. The molecule has 0 amide bonds. The smallest absolute Gasteiger partial charge is 0.351 e. The molecule has 0 saturated heterocycles. The summed E-state index contributed by atoms with van der Waals surface area (Å²) in [4.78, 5) is 36.1. The highest BCUT2D eigenvalue weighted by atomic mass is 16.5. The minimum Gasteiger partial charge on any atom is -0.494 e. The van der Waals surface area contributed by atoms with Gasteiger partial charge in [0.05, 0.1) is 18.8 Å². The largest absolute Gasteiger partial charge is 0.494 e. The first-order valence-electron chi connectivity index (χ1n) is 13.9. The molecule has 0 radical (unpaired) electrons. The summed E-state index contributed by atoms with van der Waals surface area (Å²) in [6.45, 7) is 4.31. The fraction of sp³-hybridized carbons (Fsp3) is 0.229. The van der Waals surface area contributed by atoms with Crippen LogP contribution in [0.2, 0.25) is 0 Å². The van der Waals surface area contributed by atoms with Crippen molar-refractivity contribution in [2.75, 3.05) is 13.2 Å². The Labute approximate surface area is 245 Å². The molecule has 2 aliphatic carbocycles. The number of rotatable bonds is 14. The second kappa shape index (κ2) is 15.6. The molecule has 0 aliphatic heterocycles. The van der Waals surface area contributed by atoms with Crippen LogP contribution < -0.4 is 4.74 Å². The highest BCUT2D eigenvalue weighted by molar-refractivity contribution is 5.94. The minimum absolute atomic E-state index is 0.285. The van der Waals surface area contributed by atoms with E-state index in [1.54, 1.807) is 42.5 Å². The monoisotopic (exact) mass is 564 g/mol. The van der Waals surface area contributed by atoms with E-state index in [1.807, 2.05) is 36.4 Å². The average molecular weight is 565 g/mol. The maximum absolute atomic E-state index is 12.6. The van der Waals surface area contributed by atoms with Crippen LogP contribution in [0, 0.1) is 0 Å². The highest BCUT2D eigenvalue weighted by Gasteiger charge is 2.18. The van der Waals surface area contributed by atoms with Crippen LogP contribution in [0.25, 0.3) is 5.57 Å². The molecule has 7 heteroatoms. The van der Waals surface area contributed by atoms with Gasteiger partial charge in [-0.15, -0.1) is 0 Å². The number of esters is 3. The molecule has 2 aromatic carbocycles. The normalized spacial score (nSPS) is 13.6. The van der Waals surface area contributed by atoms with Crippen molar-refractivity contribution in [3.05, 3.63) is 131 Å². The van der Waals surface area contributed by atoms with Crippen molar-refractivity contribution in [1.29, 1.82) is 0 Å². The van der Waals surface area contributed by atoms with Crippen LogP contribution >= 0.6 is 0 Å². The van der Waals surface area contributed by atoms with E-state index in [0.29, 0.717) is 48.9 Å². The molecule has 0 heterocycles.